The molecule has 0 aromatic heterocycles. The van der Waals surface area contributed by atoms with Crippen LogP contribution in [0.4, 0.5) is 0 Å². The summed E-state index contributed by atoms with van der Waals surface area (Å²) in [5, 5.41) is 5.70. The van der Waals surface area contributed by atoms with Crippen LogP contribution in [0.3, 0.4) is 0 Å². The molecular formula is C12H22N2O2. The minimum Gasteiger partial charge on any atom is -0.355 e. The van der Waals surface area contributed by atoms with Crippen LogP contribution in [0.1, 0.15) is 46.5 Å². The number of rotatable bonds is 6. The molecule has 0 spiro atoms. The van der Waals surface area contributed by atoms with E-state index in [1.807, 2.05) is 20.8 Å². The summed E-state index contributed by atoms with van der Waals surface area (Å²) in [5.41, 5.74) is -0.751. The molecule has 0 aromatic carbocycles. The Kier molecular flexibility index (Phi) is 4.33. The molecule has 2 N–H and O–H groups in total. The van der Waals surface area contributed by atoms with Crippen molar-refractivity contribution in [1.82, 2.24) is 10.6 Å². The third-order valence-corrected chi connectivity index (χ3v) is 3.14. The van der Waals surface area contributed by atoms with E-state index in [9.17, 15) is 9.59 Å². The Morgan fingerprint density at radius 2 is 1.88 bits per heavy atom. The summed E-state index contributed by atoms with van der Waals surface area (Å²) in [6, 6.07) is 0.143. The van der Waals surface area contributed by atoms with Crippen LogP contribution in [-0.2, 0) is 9.59 Å². The SMILES string of the molecule is CCCNC(=O)C1(C(=O)NC(C)CC)CC1. The molecule has 1 rings (SSSR count). The van der Waals surface area contributed by atoms with Gasteiger partial charge in [0.15, 0.2) is 0 Å². The normalized spacial score (nSPS) is 18.7. The zero-order chi connectivity index (χ0) is 12.2. The van der Waals surface area contributed by atoms with E-state index >= 15 is 0 Å². The lowest BCUT2D eigenvalue weighted by Gasteiger charge is -2.18. The van der Waals surface area contributed by atoms with E-state index in [1.54, 1.807) is 0 Å². The average molecular weight is 226 g/mol. The molecule has 0 aromatic rings. The number of amides is 2. The van der Waals surface area contributed by atoms with E-state index in [-0.39, 0.29) is 17.9 Å². The zero-order valence-corrected chi connectivity index (χ0v) is 10.4. The van der Waals surface area contributed by atoms with Gasteiger partial charge in [0.25, 0.3) is 0 Å². The Labute approximate surface area is 97.2 Å². The van der Waals surface area contributed by atoms with Crippen molar-refractivity contribution in [3.63, 3.8) is 0 Å². The highest BCUT2D eigenvalue weighted by Crippen LogP contribution is 2.46. The Bertz CT molecular complexity index is 272. The number of hydrogen-bond acceptors (Lipinski definition) is 2. The minimum absolute atomic E-state index is 0.101. The highest BCUT2D eigenvalue weighted by molar-refractivity contribution is 6.07. The summed E-state index contributed by atoms with van der Waals surface area (Å²) in [5.74, 6) is -0.203. The summed E-state index contributed by atoms with van der Waals surface area (Å²) < 4.78 is 0. The fraction of sp³-hybridized carbons (Fsp3) is 0.833. The molecule has 16 heavy (non-hydrogen) atoms. The van der Waals surface area contributed by atoms with E-state index < -0.39 is 5.41 Å². The van der Waals surface area contributed by atoms with Crippen LogP contribution in [0.5, 0.6) is 0 Å². The van der Waals surface area contributed by atoms with E-state index in [0.29, 0.717) is 19.4 Å². The first kappa shape index (κ1) is 13.0. The number of carbonyl (C=O) groups is 2. The molecule has 1 saturated carbocycles. The van der Waals surface area contributed by atoms with E-state index in [0.717, 1.165) is 12.8 Å². The van der Waals surface area contributed by atoms with Crippen molar-refractivity contribution in [1.29, 1.82) is 0 Å². The van der Waals surface area contributed by atoms with Gasteiger partial charge in [0.1, 0.15) is 5.41 Å². The lowest BCUT2D eigenvalue weighted by molar-refractivity contribution is -0.137. The Hall–Kier alpha value is -1.06. The molecule has 0 aliphatic heterocycles. The van der Waals surface area contributed by atoms with E-state index in [4.69, 9.17) is 0 Å². The van der Waals surface area contributed by atoms with Crippen molar-refractivity contribution in [3.05, 3.63) is 0 Å². The van der Waals surface area contributed by atoms with Gasteiger partial charge < -0.3 is 10.6 Å². The van der Waals surface area contributed by atoms with Crippen LogP contribution in [-0.4, -0.2) is 24.4 Å². The van der Waals surface area contributed by atoms with Gasteiger partial charge in [-0.3, -0.25) is 9.59 Å². The molecule has 2 amide bonds. The second kappa shape index (κ2) is 5.32. The lowest BCUT2D eigenvalue weighted by atomic mass is 10.0. The summed E-state index contributed by atoms with van der Waals surface area (Å²) in [4.78, 5) is 23.8. The maximum Gasteiger partial charge on any atom is 0.235 e. The third-order valence-electron chi connectivity index (χ3n) is 3.14. The van der Waals surface area contributed by atoms with Gasteiger partial charge in [0.05, 0.1) is 0 Å². The van der Waals surface area contributed by atoms with Crippen LogP contribution in [0.15, 0.2) is 0 Å². The molecule has 0 radical (unpaired) electrons. The summed E-state index contributed by atoms with van der Waals surface area (Å²) in [7, 11) is 0. The Morgan fingerprint density at radius 3 is 2.31 bits per heavy atom. The van der Waals surface area contributed by atoms with Crippen molar-refractivity contribution in [3.8, 4) is 0 Å². The first-order chi connectivity index (χ1) is 7.56. The van der Waals surface area contributed by atoms with Gasteiger partial charge in [-0.2, -0.15) is 0 Å². The van der Waals surface area contributed by atoms with E-state index in [2.05, 4.69) is 10.6 Å². The van der Waals surface area contributed by atoms with Crippen molar-refractivity contribution in [2.45, 2.75) is 52.5 Å². The largest absolute Gasteiger partial charge is 0.355 e. The van der Waals surface area contributed by atoms with Gasteiger partial charge in [0.2, 0.25) is 11.8 Å². The molecule has 4 nitrogen and oxygen atoms in total. The van der Waals surface area contributed by atoms with Crippen LogP contribution in [0, 0.1) is 5.41 Å². The van der Waals surface area contributed by atoms with Crippen LogP contribution in [0.25, 0.3) is 0 Å². The van der Waals surface area contributed by atoms with Crippen LogP contribution >= 0.6 is 0 Å². The molecule has 1 fully saturated rings. The maximum atomic E-state index is 11.9. The molecule has 0 bridgehead atoms. The van der Waals surface area contributed by atoms with Gasteiger partial charge in [-0.1, -0.05) is 13.8 Å². The topological polar surface area (TPSA) is 58.2 Å². The van der Waals surface area contributed by atoms with Gasteiger partial charge in [0, 0.05) is 12.6 Å². The molecule has 1 unspecified atom stereocenters. The average Bonchev–Trinajstić information content (AvgIpc) is 3.06. The first-order valence-electron chi connectivity index (χ1n) is 6.16. The quantitative estimate of drug-likeness (QED) is 0.669. The molecule has 0 heterocycles. The van der Waals surface area contributed by atoms with Crippen LogP contribution in [0.2, 0.25) is 0 Å². The van der Waals surface area contributed by atoms with Crippen molar-refractivity contribution in [2.24, 2.45) is 5.41 Å². The maximum absolute atomic E-state index is 11.9. The molecular weight excluding hydrogens is 204 g/mol. The monoisotopic (exact) mass is 226 g/mol. The molecule has 4 heteroatoms. The number of nitrogens with one attached hydrogen (secondary N) is 2. The molecule has 0 saturated heterocycles. The smallest absolute Gasteiger partial charge is 0.235 e. The predicted molar refractivity (Wildman–Crippen MR) is 62.9 cm³/mol. The summed E-state index contributed by atoms with van der Waals surface area (Å²) in [6.07, 6.45) is 3.16. The highest BCUT2D eigenvalue weighted by atomic mass is 16.2. The minimum atomic E-state index is -0.751. The zero-order valence-electron chi connectivity index (χ0n) is 10.4. The fourth-order valence-corrected chi connectivity index (χ4v) is 1.55. The molecule has 1 aliphatic rings. The molecule has 92 valence electrons. The number of hydrogen-bond donors (Lipinski definition) is 2. The predicted octanol–water partition coefficient (Wildman–Crippen LogP) is 1.21. The van der Waals surface area contributed by atoms with Crippen molar-refractivity contribution < 1.29 is 9.59 Å². The first-order valence-corrected chi connectivity index (χ1v) is 6.16. The van der Waals surface area contributed by atoms with Crippen molar-refractivity contribution >= 4 is 11.8 Å². The van der Waals surface area contributed by atoms with Gasteiger partial charge in [-0.05, 0) is 32.6 Å². The van der Waals surface area contributed by atoms with Crippen LogP contribution < -0.4 is 10.6 Å². The summed E-state index contributed by atoms with van der Waals surface area (Å²) in [6.45, 7) is 6.62. The molecule has 1 aliphatic carbocycles. The fourth-order valence-electron chi connectivity index (χ4n) is 1.55. The Balaban J connectivity index is 2.50. The number of carbonyl (C=O) groups excluding carboxylic acids is 2. The lowest BCUT2D eigenvalue weighted by Crippen LogP contribution is -2.45. The second-order valence-electron chi connectivity index (χ2n) is 4.62. The highest BCUT2D eigenvalue weighted by Gasteiger charge is 2.56. The van der Waals surface area contributed by atoms with Gasteiger partial charge >= 0.3 is 0 Å². The second-order valence-corrected chi connectivity index (χ2v) is 4.62. The summed E-state index contributed by atoms with van der Waals surface area (Å²) >= 11 is 0. The van der Waals surface area contributed by atoms with Gasteiger partial charge in [-0.15, -0.1) is 0 Å². The molecule has 1 atom stereocenters. The van der Waals surface area contributed by atoms with Crippen molar-refractivity contribution in [2.75, 3.05) is 6.54 Å². The standard InChI is InChI=1S/C12H22N2O2/c1-4-8-13-10(15)12(6-7-12)11(16)14-9(3)5-2/h9H,4-8H2,1-3H3,(H,13,15)(H,14,16). The van der Waals surface area contributed by atoms with Gasteiger partial charge in [-0.25, -0.2) is 0 Å². The van der Waals surface area contributed by atoms with E-state index in [1.165, 1.54) is 0 Å². The third kappa shape index (κ3) is 2.74. The Morgan fingerprint density at radius 1 is 1.25 bits per heavy atom.